The van der Waals surface area contributed by atoms with Gasteiger partial charge in [-0.1, -0.05) is 139 Å². The number of allylic oxidation sites excluding steroid dienone is 2. The summed E-state index contributed by atoms with van der Waals surface area (Å²) in [6.07, 6.45) is -0.152. The Balaban J connectivity index is 1.51. The fraction of sp³-hybridized carbons (Fsp3) is 0.625. The molecule has 1 saturated heterocycles. The number of carbonyl (C=O) groups is 4. The third-order valence-electron chi connectivity index (χ3n) is 15.6. The predicted octanol–water partition coefficient (Wildman–Crippen LogP) is 10.6. The zero-order chi connectivity index (χ0) is 46.2. The average Bonchev–Trinajstić information content (AvgIpc) is 3.53. The van der Waals surface area contributed by atoms with Gasteiger partial charge in [0.1, 0.15) is 9.86 Å². The van der Waals surface area contributed by atoms with Gasteiger partial charge in [-0.05, 0) is 90.5 Å². The second kappa shape index (κ2) is 16.2. The first-order valence-corrected chi connectivity index (χ1v) is 31.4. The van der Waals surface area contributed by atoms with Gasteiger partial charge in [-0.3, -0.25) is 24.1 Å². The molecule has 2 bridgehead atoms. The van der Waals surface area contributed by atoms with Crippen LogP contribution < -0.4 is 5.32 Å². The Bertz CT molecular complexity index is 1990. The number of hydrogen-bond donors (Lipinski definition) is 1. The molecule has 4 unspecified atom stereocenters. The molecule has 0 spiro atoms. The van der Waals surface area contributed by atoms with E-state index in [1.54, 1.807) is 0 Å². The lowest BCUT2D eigenvalue weighted by Crippen LogP contribution is -2.63. The van der Waals surface area contributed by atoms with E-state index in [4.69, 9.17) is 13.3 Å². The predicted molar refractivity (Wildman–Crippen MR) is 258 cm³/mol. The summed E-state index contributed by atoms with van der Waals surface area (Å²) in [4.78, 5) is 60.5. The number of carbonyl (C=O) groups excluding carboxylic acids is 4. The lowest BCUT2D eigenvalue weighted by Gasteiger charge is -2.46. The Morgan fingerprint density at radius 1 is 0.672 bits per heavy atom. The van der Waals surface area contributed by atoms with Crippen LogP contribution in [0.2, 0.25) is 54.4 Å². The van der Waals surface area contributed by atoms with Crippen molar-refractivity contribution in [3.8, 4) is 0 Å². The maximum Gasteiger partial charge on any atom is 0.248 e. The molecule has 2 fully saturated rings. The van der Waals surface area contributed by atoms with E-state index < -0.39 is 63.4 Å². The number of halogens is 1. The topological polar surface area (TPSA) is 111 Å². The summed E-state index contributed by atoms with van der Waals surface area (Å²) in [7, 11) is -6.99. The summed E-state index contributed by atoms with van der Waals surface area (Å²) < 4.78 is 19.2. The van der Waals surface area contributed by atoms with Gasteiger partial charge in [0.2, 0.25) is 17.7 Å². The number of nitrogens with zero attached hydrogens (tertiary/aromatic N) is 1. The van der Waals surface area contributed by atoms with Gasteiger partial charge >= 0.3 is 0 Å². The normalized spacial score (nSPS) is 25.2. The summed E-state index contributed by atoms with van der Waals surface area (Å²) in [6, 6.07) is 19.4. The van der Waals surface area contributed by atoms with Crippen molar-refractivity contribution in [3.05, 3.63) is 71.8 Å². The fourth-order valence-electron chi connectivity index (χ4n) is 8.48. The van der Waals surface area contributed by atoms with Crippen molar-refractivity contribution in [1.29, 1.82) is 0 Å². The van der Waals surface area contributed by atoms with Crippen LogP contribution in [0.5, 0.6) is 0 Å². The number of rotatable bonds is 15. The molecule has 1 N–H and O–H groups in total. The summed E-state index contributed by atoms with van der Waals surface area (Å²) in [5.41, 5.74) is -0.570. The molecule has 3 amide bonds. The van der Waals surface area contributed by atoms with Gasteiger partial charge in [0.15, 0.2) is 30.7 Å². The first-order valence-electron chi connectivity index (χ1n) is 21.8. The van der Waals surface area contributed by atoms with Gasteiger partial charge in [-0.15, -0.1) is 0 Å². The Morgan fingerprint density at radius 3 is 1.43 bits per heavy atom. The van der Waals surface area contributed by atoms with Gasteiger partial charge < -0.3 is 18.6 Å². The second-order valence-electron chi connectivity index (χ2n) is 22.8. The van der Waals surface area contributed by atoms with Crippen molar-refractivity contribution in [2.75, 3.05) is 26.4 Å². The molecule has 13 heteroatoms. The largest absolute Gasteiger partial charge is 0.414 e. The molecule has 2 aromatic carbocycles. The molecule has 4 atom stereocenters. The smallest absolute Gasteiger partial charge is 0.248 e. The summed E-state index contributed by atoms with van der Waals surface area (Å²) in [6.45, 7) is 36.9. The van der Waals surface area contributed by atoms with E-state index in [1.807, 2.05) is 74.5 Å². The van der Waals surface area contributed by atoms with E-state index in [0.29, 0.717) is 0 Å². The monoisotopic (exact) mass is 952 g/mol. The van der Waals surface area contributed by atoms with E-state index in [-0.39, 0.29) is 59.6 Å². The van der Waals surface area contributed by atoms with Crippen molar-refractivity contribution in [1.82, 2.24) is 10.2 Å². The Morgan fingerprint density at radius 2 is 1.05 bits per heavy atom. The molecule has 1 heterocycles. The van der Waals surface area contributed by atoms with Gasteiger partial charge in [0.25, 0.3) is 0 Å². The maximum absolute atomic E-state index is 14.9. The molecule has 3 aliphatic rings. The van der Waals surface area contributed by atoms with Crippen LogP contribution >= 0.6 is 15.9 Å². The highest BCUT2D eigenvalue weighted by molar-refractivity contribution is 9.10. The molecule has 1 saturated carbocycles. The van der Waals surface area contributed by atoms with Crippen LogP contribution in [-0.2, 0) is 32.5 Å². The zero-order valence-corrected chi connectivity index (χ0v) is 44.7. The molecule has 0 radical (unpaired) electrons. The quantitative estimate of drug-likeness (QED) is 0.108. The van der Waals surface area contributed by atoms with Crippen LogP contribution in [0.1, 0.15) is 93.7 Å². The molecule has 2 aliphatic carbocycles. The minimum atomic E-state index is -2.33. The van der Waals surface area contributed by atoms with Crippen molar-refractivity contribution in [2.24, 2.45) is 16.7 Å². The van der Waals surface area contributed by atoms with Crippen molar-refractivity contribution < 1.29 is 32.5 Å². The number of amides is 3. The number of imide groups is 1. The maximum atomic E-state index is 14.9. The molecule has 9 nitrogen and oxygen atoms in total. The second-order valence-corrected chi connectivity index (χ2v) is 38.5. The van der Waals surface area contributed by atoms with Gasteiger partial charge in [-0.2, -0.15) is 0 Å². The fourth-order valence-corrected chi connectivity index (χ4v) is 12.9. The molecule has 1 aliphatic heterocycles. The summed E-state index contributed by atoms with van der Waals surface area (Å²) in [5, 5.41) is 3.08. The number of fused-ring (bicyclic) bond motifs is 5. The summed E-state index contributed by atoms with van der Waals surface area (Å²) >= 11 is 3.86. The number of likely N-dealkylation sites (tertiary alicyclic amines) is 1. The van der Waals surface area contributed by atoms with Crippen LogP contribution in [0, 0.1) is 16.7 Å². The Hall–Kier alpha value is -2.53. The van der Waals surface area contributed by atoms with Crippen LogP contribution in [0.3, 0.4) is 0 Å². The molecule has 5 rings (SSSR count). The van der Waals surface area contributed by atoms with Gasteiger partial charge in [-0.25, -0.2) is 0 Å². The van der Waals surface area contributed by atoms with Gasteiger partial charge in [0, 0.05) is 13.0 Å². The SMILES string of the molecule is CC12C(=O)C(C)(C(c3ccccc3)=C1c1ccccc1)C1(Br)C(=O)N(CCC(=O)NC(CO[Si](C)(C)C(C)(C)C)(CO[Si](C)(C)C(C)(C)C)CO[Si](C)(C)C(C)(C)C)C(=O)C21. The zero-order valence-electron chi connectivity index (χ0n) is 40.1. The van der Waals surface area contributed by atoms with E-state index in [0.717, 1.165) is 22.3 Å². The van der Waals surface area contributed by atoms with E-state index in [2.05, 4.69) is 123 Å². The highest BCUT2D eigenvalue weighted by Crippen LogP contribution is 2.77. The lowest BCUT2D eigenvalue weighted by atomic mass is 9.63. The highest BCUT2D eigenvalue weighted by Gasteiger charge is 2.85. The standard InChI is InChI=1S/C48H73BrN2O7Si3/c1-42(2,3)59(12,13)56-30-47(31-57-60(14,15)43(4,5)6,32-58-61(16,17)44(7,8)9)50-35(52)28-29-51-39(53)38-45(10)36(33-24-20-18-21-25-33)37(34-26-22-19-23-27-34)46(11,40(45)54)48(38,49)41(51)55/h18-27,38H,28-32H2,1-17H3,(H,50,52). The van der Waals surface area contributed by atoms with E-state index >= 15 is 0 Å². The number of nitrogens with one attached hydrogen (secondary N) is 1. The average molecular weight is 954 g/mol. The van der Waals surface area contributed by atoms with Crippen molar-refractivity contribution in [2.45, 2.75) is 147 Å². The first kappa shape index (κ1) is 49.5. The number of ketones is 1. The molecular formula is C48H73BrN2O7Si3. The minimum absolute atomic E-state index is 0.0901. The number of benzene rings is 2. The Labute approximate surface area is 378 Å². The third kappa shape index (κ3) is 8.24. The number of alkyl halides is 1. The molecular weight excluding hydrogens is 881 g/mol. The molecule has 2 aromatic rings. The highest BCUT2D eigenvalue weighted by atomic mass is 79.9. The molecule has 61 heavy (non-hydrogen) atoms. The summed E-state index contributed by atoms with van der Waals surface area (Å²) in [5.74, 6) is -2.46. The van der Waals surface area contributed by atoms with Crippen LogP contribution in [0.4, 0.5) is 0 Å². The Kier molecular flexibility index (Phi) is 13.1. The minimum Gasteiger partial charge on any atom is -0.414 e. The van der Waals surface area contributed by atoms with Gasteiger partial charge in [0.05, 0.1) is 36.6 Å². The number of Topliss-reactive ketones (excluding diaryl/α,β-unsaturated/α-hetero) is 1. The molecule has 0 aromatic heterocycles. The lowest BCUT2D eigenvalue weighted by molar-refractivity contribution is -0.144. The first-order chi connectivity index (χ1) is 27.7. The number of hydrogen-bond acceptors (Lipinski definition) is 7. The third-order valence-corrected chi connectivity index (χ3v) is 30.6. The van der Waals surface area contributed by atoms with E-state index in [1.165, 1.54) is 4.90 Å². The van der Waals surface area contributed by atoms with Crippen molar-refractivity contribution >= 4 is 75.5 Å². The van der Waals surface area contributed by atoms with E-state index in [9.17, 15) is 19.2 Å². The van der Waals surface area contributed by atoms with Crippen LogP contribution in [0.25, 0.3) is 11.1 Å². The van der Waals surface area contributed by atoms with Crippen LogP contribution in [0.15, 0.2) is 60.7 Å². The van der Waals surface area contributed by atoms with Crippen molar-refractivity contribution in [3.63, 3.8) is 0 Å². The van der Waals surface area contributed by atoms with Crippen LogP contribution in [-0.4, -0.2) is 89.6 Å². The molecule has 336 valence electrons.